The molecular weight excluding hydrogens is 402 g/mol. The Kier molecular flexibility index (Phi) is 7.91. The quantitative estimate of drug-likeness (QED) is 0.475. The number of hydrogen-bond donors (Lipinski definition) is 0. The van der Waals surface area contributed by atoms with Crippen LogP contribution in [0.25, 0.3) is 0 Å². The highest BCUT2D eigenvalue weighted by molar-refractivity contribution is 8.40. The maximum absolute atomic E-state index is 12.6. The Balaban J connectivity index is 2.20. The van der Waals surface area contributed by atoms with Gasteiger partial charge >= 0.3 is 0 Å². The Morgan fingerprint density at radius 3 is 1.77 bits per heavy atom. The summed E-state index contributed by atoms with van der Waals surface area (Å²) in [5.41, 5.74) is 0.544. The van der Waals surface area contributed by atoms with E-state index in [0.29, 0.717) is 12.8 Å². The van der Waals surface area contributed by atoms with Crippen LogP contribution in [0.4, 0.5) is 0 Å². The highest BCUT2D eigenvalue weighted by Gasteiger charge is 2.45. The van der Waals surface area contributed by atoms with Crippen LogP contribution in [0.5, 0.6) is 0 Å². The molecule has 0 atom stereocenters. The molecule has 26 heavy (non-hydrogen) atoms. The van der Waals surface area contributed by atoms with E-state index in [-0.39, 0.29) is 0 Å². The molecule has 0 aromatic carbocycles. The summed E-state index contributed by atoms with van der Waals surface area (Å²) in [6, 6.07) is 4.40. The molecule has 2 aliphatic heterocycles. The smallest absolute Gasteiger partial charge is 0.0660 e. The van der Waals surface area contributed by atoms with Crippen molar-refractivity contribution in [1.29, 1.82) is 10.5 Å². The van der Waals surface area contributed by atoms with Crippen LogP contribution in [-0.2, 0) is 5.21 Å². The molecule has 0 amide bonds. The third kappa shape index (κ3) is 5.41. The Bertz CT molecular complexity index is 632. The average Bonchev–Trinajstić information content (AvgIpc) is 2.96. The molecule has 1 fully saturated rings. The molecule has 1 saturated heterocycles. The van der Waals surface area contributed by atoms with E-state index in [0.717, 1.165) is 24.3 Å². The Morgan fingerprint density at radius 1 is 0.962 bits per heavy atom. The van der Waals surface area contributed by atoms with E-state index >= 15 is 0 Å². The molecule has 0 aromatic rings. The van der Waals surface area contributed by atoms with E-state index in [4.69, 9.17) is 10.5 Å². The fraction of sp³-hybridized carbons (Fsp3) is 0.667. The van der Waals surface area contributed by atoms with E-state index in [1.54, 1.807) is 47.0 Å². The molecular formula is C18H24N3OS4. The van der Waals surface area contributed by atoms with Gasteiger partial charge < -0.3 is 0 Å². The molecule has 0 N–H and O–H groups in total. The van der Waals surface area contributed by atoms with Gasteiger partial charge in [-0.3, -0.25) is 0 Å². The zero-order chi connectivity index (χ0) is 19.4. The summed E-state index contributed by atoms with van der Waals surface area (Å²) in [5, 5.41) is 31.5. The summed E-state index contributed by atoms with van der Waals surface area (Å²) < 4.78 is 3.78. The van der Waals surface area contributed by atoms with Crippen LogP contribution in [0.3, 0.4) is 0 Å². The first-order valence-electron chi connectivity index (χ1n) is 8.50. The average molecular weight is 427 g/mol. The molecule has 0 aliphatic carbocycles. The number of rotatable bonds is 6. The van der Waals surface area contributed by atoms with Gasteiger partial charge in [0.05, 0.1) is 24.8 Å². The van der Waals surface area contributed by atoms with Gasteiger partial charge in [-0.2, -0.15) is 10.5 Å². The third-order valence-electron chi connectivity index (χ3n) is 4.11. The summed E-state index contributed by atoms with van der Waals surface area (Å²) in [6.45, 7) is 8.07. The summed E-state index contributed by atoms with van der Waals surface area (Å²) >= 11 is 7.04. The Hall–Kier alpha value is -0.220. The van der Waals surface area contributed by atoms with Gasteiger partial charge in [-0.25, -0.2) is 0 Å². The minimum Gasteiger partial charge on any atom is -0.198 e. The largest absolute Gasteiger partial charge is 0.198 e. The number of hydrogen-bond acceptors (Lipinski definition) is 7. The summed E-state index contributed by atoms with van der Waals surface area (Å²) in [6.07, 6.45) is 2.63. The zero-order valence-electron chi connectivity index (χ0n) is 15.6. The van der Waals surface area contributed by atoms with Gasteiger partial charge in [0.2, 0.25) is 0 Å². The maximum atomic E-state index is 12.6. The summed E-state index contributed by atoms with van der Waals surface area (Å²) in [5.74, 6) is 1.57. The molecule has 1 radical (unpaired) electrons. The molecule has 0 aromatic heterocycles. The van der Waals surface area contributed by atoms with Gasteiger partial charge in [0.15, 0.2) is 0 Å². The van der Waals surface area contributed by atoms with Crippen molar-refractivity contribution in [2.45, 2.75) is 64.5 Å². The van der Waals surface area contributed by atoms with Crippen LogP contribution in [0.1, 0.15) is 53.4 Å². The topological polar surface area (TPSA) is 70.7 Å². The fourth-order valence-corrected chi connectivity index (χ4v) is 8.92. The van der Waals surface area contributed by atoms with Crippen LogP contribution < -0.4 is 0 Å². The minimum absolute atomic E-state index is 0.407. The summed E-state index contributed by atoms with van der Waals surface area (Å²) in [7, 11) is 0. The van der Waals surface area contributed by atoms with Gasteiger partial charge in [0.1, 0.15) is 0 Å². The lowest BCUT2D eigenvalue weighted by molar-refractivity contribution is -0.279. The predicted octanol–water partition coefficient (Wildman–Crippen LogP) is 6.10. The number of nitrogens with zero attached hydrogens (tertiary/aromatic N) is 3. The van der Waals surface area contributed by atoms with E-state index in [2.05, 4.69) is 12.1 Å². The third-order valence-corrected chi connectivity index (χ3v) is 9.81. The standard InChI is InChI=1S/C18H24N3OS4/c1-17(2)11-13(12-18(3,4)21(17)22)14-25-15(23-9-5-7-19)16(26-14)24-10-6-8-20/h5-6,9-12H2,1-4H3. The van der Waals surface area contributed by atoms with Crippen LogP contribution >= 0.6 is 47.0 Å². The highest BCUT2D eigenvalue weighted by Crippen LogP contribution is 2.60. The molecule has 8 heteroatoms. The van der Waals surface area contributed by atoms with E-state index < -0.39 is 11.1 Å². The van der Waals surface area contributed by atoms with Gasteiger partial charge in [-0.05, 0) is 46.1 Å². The predicted molar refractivity (Wildman–Crippen MR) is 115 cm³/mol. The van der Waals surface area contributed by atoms with Crippen LogP contribution in [0.2, 0.25) is 0 Å². The van der Waals surface area contributed by atoms with Crippen LogP contribution in [0.15, 0.2) is 18.3 Å². The first-order valence-corrected chi connectivity index (χ1v) is 12.1. The van der Waals surface area contributed by atoms with E-state index in [1.165, 1.54) is 23.3 Å². The van der Waals surface area contributed by atoms with Gasteiger partial charge in [0.25, 0.3) is 0 Å². The zero-order valence-corrected chi connectivity index (χ0v) is 18.9. The van der Waals surface area contributed by atoms with Crippen molar-refractivity contribution in [3.8, 4) is 12.1 Å². The second-order valence-corrected chi connectivity index (χ2v) is 12.5. The number of piperidine rings is 1. The van der Waals surface area contributed by atoms with Crippen molar-refractivity contribution in [3.63, 3.8) is 0 Å². The second-order valence-electron chi connectivity index (χ2n) is 7.46. The summed E-state index contributed by atoms with van der Waals surface area (Å²) in [4.78, 5) is 0. The highest BCUT2D eigenvalue weighted by atomic mass is 32.3. The first kappa shape index (κ1) is 22.1. The molecule has 2 rings (SSSR count). The lowest BCUT2D eigenvalue weighted by atomic mass is 9.79. The lowest BCUT2D eigenvalue weighted by Crippen LogP contribution is -2.56. The molecule has 0 spiro atoms. The SMILES string of the molecule is CC1(C)CC(=C2SC(SCCC#N)=C(SCCC#N)S2)CC(C)(C)N1[O]. The van der Waals surface area contributed by atoms with Crippen molar-refractivity contribution < 1.29 is 5.21 Å². The monoisotopic (exact) mass is 426 g/mol. The van der Waals surface area contributed by atoms with E-state index in [1.807, 2.05) is 27.7 Å². The molecule has 0 bridgehead atoms. The molecule has 4 nitrogen and oxygen atoms in total. The molecule has 0 unspecified atom stereocenters. The van der Waals surface area contributed by atoms with Gasteiger partial charge in [-0.15, -0.1) is 33.8 Å². The number of thioether (sulfide) groups is 4. The van der Waals surface area contributed by atoms with Crippen molar-refractivity contribution in [3.05, 3.63) is 18.3 Å². The van der Waals surface area contributed by atoms with Gasteiger partial charge in [0, 0.05) is 35.4 Å². The maximum Gasteiger partial charge on any atom is 0.0660 e. The Morgan fingerprint density at radius 2 is 1.38 bits per heavy atom. The fourth-order valence-electron chi connectivity index (χ4n) is 3.19. The normalized spacial score (nSPS) is 22.4. The Labute approximate surface area is 173 Å². The van der Waals surface area contributed by atoms with E-state index in [9.17, 15) is 5.21 Å². The number of nitriles is 2. The van der Waals surface area contributed by atoms with Crippen molar-refractivity contribution in [2.75, 3.05) is 11.5 Å². The lowest BCUT2D eigenvalue weighted by Gasteiger charge is -2.48. The molecule has 141 valence electrons. The molecule has 2 heterocycles. The van der Waals surface area contributed by atoms with Crippen molar-refractivity contribution in [2.24, 2.45) is 0 Å². The van der Waals surface area contributed by atoms with Crippen molar-refractivity contribution in [1.82, 2.24) is 5.06 Å². The van der Waals surface area contributed by atoms with Gasteiger partial charge in [-0.1, -0.05) is 23.5 Å². The second kappa shape index (κ2) is 9.32. The van der Waals surface area contributed by atoms with Crippen LogP contribution in [0, 0.1) is 22.7 Å². The molecule has 0 saturated carbocycles. The van der Waals surface area contributed by atoms with Crippen LogP contribution in [-0.4, -0.2) is 27.6 Å². The van der Waals surface area contributed by atoms with Crippen molar-refractivity contribution >= 4 is 47.0 Å². The number of hydroxylamine groups is 2. The minimum atomic E-state index is -0.407. The molecule has 2 aliphatic rings. The first-order chi connectivity index (χ1) is 12.2.